The van der Waals surface area contributed by atoms with E-state index in [0.717, 1.165) is 6.42 Å². The number of rotatable bonds is 5. The Hall–Kier alpha value is -1.60. The molecule has 0 spiro atoms. The van der Waals surface area contributed by atoms with Gasteiger partial charge in [0.1, 0.15) is 0 Å². The standard InChI is InChI=1S/C18H23N/c1-4-8-15-10-7-11-16(13-15)18(19-3)17-12-6-5-9-14(17)2/h5-7,9-13,18-19H,4,8H2,1-3H3. The minimum absolute atomic E-state index is 0.276. The smallest absolute Gasteiger partial charge is 0.0576 e. The van der Waals surface area contributed by atoms with Crippen molar-refractivity contribution in [3.63, 3.8) is 0 Å². The first-order chi connectivity index (χ1) is 9.26. The van der Waals surface area contributed by atoms with E-state index in [2.05, 4.69) is 67.7 Å². The molecule has 0 saturated heterocycles. The van der Waals surface area contributed by atoms with E-state index >= 15 is 0 Å². The Balaban J connectivity index is 2.37. The van der Waals surface area contributed by atoms with Crippen LogP contribution in [0, 0.1) is 6.92 Å². The molecule has 2 aromatic rings. The van der Waals surface area contributed by atoms with Gasteiger partial charge in [-0.3, -0.25) is 0 Å². The molecular weight excluding hydrogens is 230 g/mol. The minimum atomic E-state index is 0.276. The molecule has 19 heavy (non-hydrogen) atoms. The van der Waals surface area contributed by atoms with Gasteiger partial charge in [0, 0.05) is 0 Å². The van der Waals surface area contributed by atoms with E-state index in [1.165, 1.54) is 28.7 Å². The molecule has 1 N–H and O–H groups in total. The van der Waals surface area contributed by atoms with Crippen molar-refractivity contribution in [2.75, 3.05) is 7.05 Å². The topological polar surface area (TPSA) is 12.0 Å². The van der Waals surface area contributed by atoms with Crippen molar-refractivity contribution in [2.45, 2.75) is 32.7 Å². The zero-order chi connectivity index (χ0) is 13.7. The Morgan fingerprint density at radius 1 is 1.05 bits per heavy atom. The molecule has 1 heteroatoms. The molecule has 1 unspecified atom stereocenters. The first-order valence-corrected chi connectivity index (χ1v) is 7.08. The largest absolute Gasteiger partial charge is 0.309 e. The van der Waals surface area contributed by atoms with Gasteiger partial charge in [-0.2, -0.15) is 0 Å². The third-order valence-corrected chi connectivity index (χ3v) is 3.61. The lowest BCUT2D eigenvalue weighted by Gasteiger charge is -2.20. The van der Waals surface area contributed by atoms with E-state index in [9.17, 15) is 0 Å². The molecule has 100 valence electrons. The molecule has 0 heterocycles. The first kappa shape index (κ1) is 13.8. The van der Waals surface area contributed by atoms with Gasteiger partial charge in [-0.05, 0) is 42.6 Å². The highest BCUT2D eigenvalue weighted by Gasteiger charge is 2.13. The van der Waals surface area contributed by atoms with Gasteiger partial charge in [-0.15, -0.1) is 0 Å². The van der Waals surface area contributed by atoms with E-state index in [4.69, 9.17) is 0 Å². The molecule has 0 radical (unpaired) electrons. The molecule has 0 aromatic heterocycles. The molecule has 0 fully saturated rings. The summed E-state index contributed by atoms with van der Waals surface area (Å²) in [5, 5.41) is 3.44. The van der Waals surface area contributed by atoms with E-state index in [-0.39, 0.29) is 6.04 Å². The molecule has 1 atom stereocenters. The fourth-order valence-electron chi connectivity index (χ4n) is 2.63. The van der Waals surface area contributed by atoms with E-state index < -0.39 is 0 Å². The second-order valence-electron chi connectivity index (χ2n) is 5.07. The highest BCUT2D eigenvalue weighted by molar-refractivity contribution is 5.38. The van der Waals surface area contributed by atoms with Gasteiger partial charge in [-0.25, -0.2) is 0 Å². The summed E-state index contributed by atoms with van der Waals surface area (Å²) < 4.78 is 0. The summed E-state index contributed by atoms with van der Waals surface area (Å²) in [5.41, 5.74) is 5.47. The molecule has 0 aliphatic carbocycles. The van der Waals surface area contributed by atoms with Crippen LogP contribution in [0.3, 0.4) is 0 Å². The molecule has 2 aromatic carbocycles. The van der Waals surface area contributed by atoms with Gasteiger partial charge in [0.2, 0.25) is 0 Å². The van der Waals surface area contributed by atoms with Gasteiger partial charge < -0.3 is 5.32 Å². The molecule has 0 saturated carbocycles. The number of hydrogen-bond donors (Lipinski definition) is 1. The maximum absolute atomic E-state index is 3.44. The highest BCUT2D eigenvalue weighted by Crippen LogP contribution is 2.25. The van der Waals surface area contributed by atoms with Crippen molar-refractivity contribution in [1.29, 1.82) is 0 Å². The van der Waals surface area contributed by atoms with Crippen LogP contribution in [-0.4, -0.2) is 7.05 Å². The van der Waals surface area contributed by atoms with Crippen molar-refractivity contribution >= 4 is 0 Å². The van der Waals surface area contributed by atoms with Crippen LogP contribution in [0.15, 0.2) is 48.5 Å². The SMILES string of the molecule is CCCc1cccc(C(NC)c2ccccc2C)c1. The molecule has 0 amide bonds. The third-order valence-electron chi connectivity index (χ3n) is 3.61. The van der Waals surface area contributed by atoms with Crippen molar-refractivity contribution in [3.05, 3.63) is 70.8 Å². The number of hydrogen-bond acceptors (Lipinski definition) is 1. The fourth-order valence-corrected chi connectivity index (χ4v) is 2.63. The van der Waals surface area contributed by atoms with Crippen molar-refractivity contribution in [1.82, 2.24) is 5.32 Å². The average Bonchev–Trinajstić information content (AvgIpc) is 2.43. The maximum atomic E-state index is 3.44. The van der Waals surface area contributed by atoms with Crippen molar-refractivity contribution < 1.29 is 0 Å². The summed E-state index contributed by atoms with van der Waals surface area (Å²) >= 11 is 0. The molecule has 0 aliphatic heterocycles. The quantitative estimate of drug-likeness (QED) is 0.839. The van der Waals surface area contributed by atoms with Gasteiger partial charge in [-0.1, -0.05) is 61.9 Å². The Morgan fingerprint density at radius 3 is 2.53 bits per heavy atom. The lowest BCUT2D eigenvalue weighted by molar-refractivity contribution is 0.686. The van der Waals surface area contributed by atoms with Crippen LogP contribution in [0.2, 0.25) is 0 Å². The molecule has 0 aliphatic rings. The summed E-state index contributed by atoms with van der Waals surface area (Å²) in [7, 11) is 2.03. The Morgan fingerprint density at radius 2 is 1.84 bits per heavy atom. The van der Waals surface area contributed by atoms with Gasteiger partial charge >= 0.3 is 0 Å². The predicted molar refractivity (Wildman–Crippen MR) is 82.5 cm³/mol. The number of benzene rings is 2. The molecule has 0 bridgehead atoms. The zero-order valence-electron chi connectivity index (χ0n) is 12.1. The molecule has 2 rings (SSSR count). The van der Waals surface area contributed by atoms with Gasteiger partial charge in [0.25, 0.3) is 0 Å². The van der Waals surface area contributed by atoms with E-state index in [1.54, 1.807) is 0 Å². The molecular formula is C18H23N. The lowest BCUT2D eigenvalue weighted by atomic mass is 9.93. The second-order valence-corrected chi connectivity index (χ2v) is 5.07. The number of aryl methyl sites for hydroxylation is 2. The predicted octanol–water partition coefficient (Wildman–Crippen LogP) is 4.26. The van der Waals surface area contributed by atoms with Crippen LogP contribution >= 0.6 is 0 Å². The normalized spacial score (nSPS) is 12.4. The summed E-state index contributed by atoms with van der Waals surface area (Å²) in [5.74, 6) is 0. The lowest BCUT2D eigenvalue weighted by Crippen LogP contribution is -2.18. The minimum Gasteiger partial charge on any atom is -0.309 e. The van der Waals surface area contributed by atoms with Gasteiger partial charge in [0.15, 0.2) is 0 Å². The maximum Gasteiger partial charge on any atom is 0.0576 e. The van der Waals surface area contributed by atoms with Crippen LogP contribution in [0.25, 0.3) is 0 Å². The molecule has 1 nitrogen and oxygen atoms in total. The van der Waals surface area contributed by atoms with Crippen LogP contribution < -0.4 is 5.32 Å². The Bertz CT molecular complexity index is 531. The van der Waals surface area contributed by atoms with Crippen molar-refractivity contribution in [3.8, 4) is 0 Å². The van der Waals surface area contributed by atoms with Crippen LogP contribution in [0.1, 0.15) is 41.6 Å². The summed E-state index contributed by atoms with van der Waals surface area (Å²) in [4.78, 5) is 0. The van der Waals surface area contributed by atoms with Crippen LogP contribution in [-0.2, 0) is 6.42 Å². The summed E-state index contributed by atoms with van der Waals surface area (Å²) in [6.07, 6.45) is 2.34. The average molecular weight is 253 g/mol. The fraction of sp³-hybridized carbons (Fsp3) is 0.333. The summed E-state index contributed by atoms with van der Waals surface area (Å²) in [6.45, 7) is 4.40. The Labute approximate surface area is 116 Å². The van der Waals surface area contributed by atoms with Gasteiger partial charge in [0.05, 0.1) is 6.04 Å². The summed E-state index contributed by atoms with van der Waals surface area (Å²) in [6, 6.07) is 17.8. The first-order valence-electron chi connectivity index (χ1n) is 7.08. The zero-order valence-corrected chi connectivity index (χ0v) is 12.1. The van der Waals surface area contributed by atoms with E-state index in [0.29, 0.717) is 0 Å². The number of nitrogens with one attached hydrogen (secondary N) is 1. The van der Waals surface area contributed by atoms with Crippen LogP contribution in [0.4, 0.5) is 0 Å². The Kier molecular flexibility index (Phi) is 4.75. The highest BCUT2D eigenvalue weighted by atomic mass is 14.9. The monoisotopic (exact) mass is 253 g/mol. The third kappa shape index (κ3) is 3.24. The van der Waals surface area contributed by atoms with Crippen molar-refractivity contribution in [2.24, 2.45) is 0 Å². The van der Waals surface area contributed by atoms with E-state index in [1.807, 2.05) is 7.05 Å². The second kappa shape index (κ2) is 6.53. The van der Waals surface area contributed by atoms with Crippen LogP contribution in [0.5, 0.6) is 0 Å².